The Bertz CT molecular complexity index is 563. The Morgan fingerprint density at radius 2 is 2.05 bits per heavy atom. The van der Waals surface area contributed by atoms with Gasteiger partial charge in [0.25, 0.3) is 0 Å². The largest absolute Gasteiger partial charge is 0.478 e. The van der Waals surface area contributed by atoms with Gasteiger partial charge in [0.05, 0.1) is 0 Å². The number of amides is 1. The van der Waals surface area contributed by atoms with Crippen LogP contribution in [0.25, 0.3) is 6.08 Å². The number of benzene rings is 1. The van der Waals surface area contributed by atoms with Crippen molar-refractivity contribution < 1.29 is 19.8 Å². The van der Waals surface area contributed by atoms with E-state index >= 15 is 0 Å². The molecule has 0 saturated heterocycles. The van der Waals surface area contributed by atoms with Crippen molar-refractivity contribution in [1.29, 1.82) is 0 Å². The van der Waals surface area contributed by atoms with Crippen LogP contribution in [-0.4, -0.2) is 33.7 Å². The van der Waals surface area contributed by atoms with Crippen molar-refractivity contribution in [2.75, 3.05) is 6.54 Å². The lowest BCUT2D eigenvalue weighted by Gasteiger charge is -2.27. The van der Waals surface area contributed by atoms with Crippen LogP contribution >= 0.6 is 0 Å². The van der Waals surface area contributed by atoms with E-state index in [9.17, 15) is 9.59 Å². The van der Waals surface area contributed by atoms with Gasteiger partial charge >= 0.3 is 12.1 Å². The van der Waals surface area contributed by atoms with E-state index in [0.29, 0.717) is 19.5 Å². The Hall–Kier alpha value is -2.30. The van der Waals surface area contributed by atoms with Crippen molar-refractivity contribution in [2.24, 2.45) is 0 Å². The van der Waals surface area contributed by atoms with E-state index < -0.39 is 12.1 Å². The third-order valence-corrected chi connectivity index (χ3v) is 3.28. The zero-order valence-electron chi connectivity index (χ0n) is 10.6. The molecule has 1 aliphatic heterocycles. The molecule has 0 saturated carbocycles. The molecule has 0 aromatic heterocycles. The van der Waals surface area contributed by atoms with Crippen molar-refractivity contribution in [3.8, 4) is 0 Å². The second-order valence-electron chi connectivity index (χ2n) is 4.57. The fourth-order valence-corrected chi connectivity index (χ4v) is 2.23. The first-order valence-corrected chi connectivity index (χ1v) is 5.99. The maximum atomic E-state index is 11.0. The molecule has 1 heterocycles. The minimum absolute atomic E-state index is 0.272. The number of carbonyl (C=O) groups is 2. The highest BCUT2D eigenvalue weighted by Gasteiger charge is 2.21. The Morgan fingerprint density at radius 3 is 2.68 bits per heavy atom. The van der Waals surface area contributed by atoms with Crippen LogP contribution in [0.2, 0.25) is 0 Å². The second kappa shape index (κ2) is 5.14. The van der Waals surface area contributed by atoms with E-state index in [1.54, 1.807) is 13.0 Å². The lowest BCUT2D eigenvalue weighted by atomic mass is 9.93. The first-order chi connectivity index (χ1) is 8.99. The normalized spacial score (nSPS) is 15.0. The van der Waals surface area contributed by atoms with Gasteiger partial charge in [0.15, 0.2) is 0 Å². The zero-order valence-corrected chi connectivity index (χ0v) is 10.6. The number of rotatable bonds is 2. The molecule has 0 unspecified atom stereocenters. The fourth-order valence-electron chi connectivity index (χ4n) is 2.23. The molecule has 1 amide bonds. The standard InChI is InChI=1S/C14H15NO4/c1-9(13(16)17)7-10-3-2-4-11-8-15(14(18)19)6-5-12(10)11/h2-4,7H,5-6,8H2,1H3,(H,16,17)(H,18,19)/b9-7+. The van der Waals surface area contributed by atoms with Gasteiger partial charge < -0.3 is 15.1 Å². The van der Waals surface area contributed by atoms with Crippen LogP contribution in [0.3, 0.4) is 0 Å². The highest BCUT2D eigenvalue weighted by molar-refractivity contribution is 5.91. The van der Waals surface area contributed by atoms with Crippen LogP contribution in [0.1, 0.15) is 23.6 Å². The third-order valence-electron chi connectivity index (χ3n) is 3.28. The number of carboxylic acid groups (broad SMARTS) is 2. The Balaban J connectivity index is 2.36. The van der Waals surface area contributed by atoms with Crippen LogP contribution < -0.4 is 0 Å². The summed E-state index contributed by atoms with van der Waals surface area (Å²) in [5, 5.41) is 17.9. The first kappa shape index (κ1) is 13.1. The fraction of sp³-hybridized carbons (Fsp3) is 0.286. The molecular weight excluding hydrogens is 246 g/mol. The number of hydrogen-bond acceptors (Lipinski definition) is 2. The molecular formula is C14H15NO4. The summed E-state index contributed by atoms with van der Waals surface area (Å²) in [6, 6.07) is 5.57. The third kappa shape index (κ3) is 2.76. The topological polar surface area (TPSA) is 77.8 Å². The minimum Gasteiger partial charge on any atom is -0.478 e. The summed E-state index contributed by atoms with van der Waals surface area (Å²) in [5.74, 6) is -0.944. The molecule has 0 fully saturated rings. The van der Waals surface area contributed by atoms with Gasteiger partial charge in [-0.3, -0.25) is 0 Å². The molecule has 1 aromatic rings. The van der Waals surface area contributed by atoms with Crippen molar-refractivity contribution in [3.05, 3.63) is 40.5 Å². The highest BCUT2D eigenvalue weighted by Crippen LogP contribution is 2.24. The summed E-state index contributed by atoms with van der Waals surface area (Å²) >= 11 is 0. The van der Waals surface area contributed by atoms with Crippen LogP contribution in [0, 0.1) is 0 Å². The van der Waals surface area contributed by atoms with E-state index in [1.165, 1.54) is 4.90 Å². The molecule has 2 rings (SSSR count). The van der Waals surface area contributed by atoms with Crippen LogP contribution in [0.5, 0.6) is 0 Å². The molecule has 1 aromatic carbocycles. The van der Waals surface area contributed by atoms with E-state index in [4.69, 9.17) is 10.2 Å². The molecule has 0 spiro atoms. The first-order valence-electron chi connectivity index (χ1n) is 5.99. The van der Waals surface area contributed by atoms with Gasteiger partial charge in [0, 0.05) is 18.7 Å². The van der Waals surface area contributed by atoms with Crippen LogP contribution in [0.15, 0.2) is 23.8 Å². The zero-order chi connectivity index (χ0) is 14.0. The summed E-state index contributed by atoms with van der Waals surface area (Å²) in [7, 11) is 0. The molecule has 100 valence electrons. The van der Waals surface area contributed by atoms with Gasteiger partial charge in [-0.25, -0.2) is 9.59 Å². The van der Waals surface area contributed by atoms with Gasteiger partial charge in [0.2, 0.25) is 0 Å². The average Bonchev–Trinajstić information content (AvgIpc) is 2.38. The van der Waals surface area contributed by atoms with E-state index in [0.717, 1.165) is 16.7 Å². The van der Waals surface area contributed by atoms with Gasteiger partial charge in [0.1, 0.15) is 0 Å². The molecule has 1 aliphatic rings. The van der Waals surface area contributed by atoms with E-state index in [-0.39, 0.29) is 5.57 Å². The summed E-state index contributed by atoms with van der Waals surface area (Å²) in [6.45, 7) is 2.35. The van der Waals surface area contributed by atoms with Gasteiger partial charge in [-0.05, 0) is 36.1 Å². The van der Waals surface area contributed by atoms with Gasteiger partial charge in [-0.1, -0.05) is 18.2 Å². The number of aliphatic carboxylic acids is 1. The molecule has 19 heavy (non-hydrogen) atoms. The maximum absolute atomic E-state index is 11.0. The molecule has 0 atom stereocenters. The van der Waals surface area contributed by atoms with Gasteiger partial charge in [-0.15, -0.1) is 0 Å². The number of hydrogen-bond donors (Lipinski definition) is 2. The maximum Gasteiger partial charge on any atom is 0.407 e. The quantitative estimate of drug-likeness (QED) is 0.800. The van der Waals surface area contributed by atoms with Crippen molar-refractivity contribution >= 4 is 18.1 Å². The Morgan fingerprint density at radius 1 is 1.32 bits per heavy atom. The molecule has 5 nitrogen and oxygen atoms in total. The lowest BCUT2D eigenvalue weighted by Crippen LogP contribution is -2.35. The van der Waals surface area contributed by atoms with Gasteiger partial charge in [-0.2, -0.15) is 0 Å². The lowest BCUT2D eigenvalue weighted by molar-refractivity contribution is -0.132. The van der Waals surface area contributed by atoms with E-state index in [2.05, 4.69) is 0 Å². The van der Waals surface area contributed by atoms with Crippen LogP contribution in [-0.2, 0) is 17.8 Å². The van der Waals surface area contributed by atoms with Crippen molar-refractivity contribution in [1.82, 2.24) is 4.90 Å². The summed E-state index contributed by atoms with van der Waals surface area (Å²) in [5.41, 5.74) is 3.12. The smallest absolute Gasteiger partial charge is 0.407 e. The SMILES string of the molecule is C/C(=C\c1cccc2c1CCN(C(=O)O)C2)C(=O)O. The van der Waals surface area contributed by atoms with Crippen molar-refractivity contribution in [2.45, 2.75) is 19.9 Å². The minimum atomic E-state index is -0.944. The molecule has 0 bridgehead atoms. The van der Waals surface area contributed by atoms with E-state index in [1.807, 2.05) is 18.2 Å². The summed E-state index contributed by atoms with van der Waals surface area (Å²) in [6.07, 6.45) is 1.33. The van der Waals surface area contributed by atoms with Crippen molar-refractivity contribution in [3.63, 3.8) is 0 Å². The molecule has 0 aliphatic carbocycles. The molecule has 2 N–H and O–H groups in total. The highest BCUT2D eigenvalue weighted by atomic mass is 16.4. The number of fused-ring (bicyclic) bond motifs is 1. The molecule has 0 radical (unpaired) electrons. The predicted octanol–water partition coefficient (Wildman–Crippen LogP) is 2.21. The number of carboxylic acids is 1. The second-order valence-corrected chi connectivity index (χ2v) is 4.57. The summed E-state index contributed by atoms with van der Waals surface area (Å²) < 4.78 is 0. The van der Waals surface area contributed by atoms with Crippen LogP contribution in [0.4, 0.5) is 4.79 Å². The predicted molar refractivity (Wildman–Crippen MR) is 69.9 cm³/mol. The Labute approximate surface area is 110 Å². The number of nitrogens with zero attached hydrogens (tertiary/aromatic N) is 1. The molecule has 5 heteroatoms. The summed E-state index contributed by atoms with van der Waals surface area (Å²) in [4.78, 5) is 23.2. The monoisotopic (exact) mass is 261 g/mol. The average molecular weight is 261 g/mol. The Kier molecular flexibility index (Phi) is 3.55.